The molecule has 0 unspecified atom stereocenters. The number of Topliss-reactive ketones (excluding diaryl/α,β-unsaturated/α-hetero) is 1. The molecule has 0 atom stereocenters. The lowest BCUT2D eigenvalue weighted by atomic mass is 10.1. The molecule has 0 spiro atoms. The van der Waals surface area contributed by atoms with Crippen molar-refractivity contribution in [1.82, 2.24) is 14.8 Å². The van der Waals surface area contributed by atoms with E-state index in [1.165, 1.54) is 18.7 Å². The number of amides is 1. The predicted octanol–water partition coefficient (Wildman–Crippen LogP) is 4.08. The number of nitrogens with zero attached hydrogens (tertiary/aromatic N) is 3. The number of aromatic nitrogens is 3. The van der Waals surface area contributed by atoms with Gasteiger partial charge < -0.3 is 5.32 Å². The Kier molecular flexibility index (Phi) is 5.25. The lowest BCUT2D eigenvalue weighted by Gasteiger charge is -2.11. The molecule has 1 fully saturated rings. The third-order valence-electron chi connectivity index (χ3n) is 4.53. The van der Waals surface area contributed by atoms with Gasteiger partial charge >= 0.3 is 0 Å². The summed E-state index contributed by atoms with van der Waals surface area (Å²) in [6.45, 7) is 1.49. The maximum Gasteiger partial charge on any atom is 0.234 e. The molecule has 7 heteroatoms. The molecule has 0 bridgehead atoms. The second kappa shape index (κ2) is 7.98. The van der Waals surface area contributed by atoms with Crippen LogP contribution < -0.4 is 5.32 Å². The smallest absolute Gasteiger partial charge is 0.234 e. The quantitative estimate of drug-likeness (QED) is 0.484. The zero-order valence-electron chi connectivity index (χ0n) is 15.5. The largest absolute Gasteiger partial charge is 0.325 e. The number of ketones is 1. The lowest BCUT2D eigenvalue weighted by molar-refractivity contribution is -0.113. The summed E-state index contributed by atoms with van der Waals surface area (Å²) in [6.07, 6.45) is 2.25. The Labute approximate surface area is 167 Å². The van der Waals surface area contributed by atoms with Gasteiger partial charge in [0.05, 0.1) is 11.4 Å². The molecule has 142 valence electrons. The first-order valence-electron chi connectivity index (χ1n) is 9.17. The Balaban J connectivity index is 1.50. The summed E-state index contributed by atoms with van der Waals surface area (Å²) in [7, 11) is 0. The molecule has 2 aromatic carbocycles. The number of benzene rings is 2. The van der Waals surface area contributed by atoms with Gasteiger partial charge in [0.2, 0.25) is 5.91 Å². The normalized spacial score (nSPS) is 13.3. The maximum absolute atomic E-state index is 12.5. The minimum Gasteiger partial charge on any atom is -0.325 e. The number of rotatable bonds is 7. The summed E-state index contributed by atoms with van der Waals surface area (Å²) in [5.41, 5.74) is 2.03. The van der Waals surface area contributed by atoms with E-state index in [1.54, 1.807) is 24.3 Å². The first kappa shape index (κ1) is 18.4. The van der Waals surface area contributed by atoms with Crippen LogP contribution in [0.15, 0.2) is 59.8 Å². The molecule has 28 heavy (non-hydrogen) atoms. The summed E-state index contributed by atoms with van der Waals surface area (Å²) < 4.78 is 2.04. The predicted molar refractivity (Wildman–Crippen MR) is 109 cm³/mol. The highest BCUT2D eigenvalue weighted by Crippen LogP contribution is 2.41. The zero-order chi connectivity index (χ0) is 19.5. The van der Waals surface area contributed by atoms with Crippen molar-refractivity contribution < 1.29 is 9.59 Å². The highest BCUT2D eigenvalue weighted by atomic mass is 32.2. The van der Waals surface area contributed by atoms with E-state index < -0.39 is 0 Å². The Bertz CT molecular complexity index is 1010. The van der Waals surface area contributed by atoms with E-state index in [2.05, 4.69) is 15.5 Å². The number of thioether (sulfide) groups is 1. The molecule has 1 amide bonds. The standard InChI is InChI=1S/C21H20N4O2S/c1-14(26)17-9-5-6-10-18(17)22-19(27)13-28-21-24-23-20(15-11-12-15)25(21)16-7-3-2-4-8-16/h2-10,15H,11-13H2,1H3,(H,22,27). The van der Waals surface area contributed by atoms with Gasteiger partial charge in [-0.05, 0) is 44.0 Å². The first-order valence-corrected chi connectivity index (χ1v) is 10.2. The van der Waals surface area contributed by atoms with Gasteiger partial charge in [-0.1, -0.05) is 42.1 Å². The summed E-state index contributed by atoms with van der Waals surface area (Å²) in [4.78, 5) is 24.2. The Morgan fingerprint density at radius 2 is 1.79 bits per heavy atom. The van der Waals surface area contributed by atoms with Crippen LogP contribution >= 0.6 is 11.8 Å². The van der Waals surface area contributed by atoms with E-state index in [0.717, 1.165) is 24.4 Å². The minimum atomic E-state index is -0.186. The van der Waals surface area contributed by atoms with Crippen LogP contribution in [0.3, 0.4) is 0 Å². The fourth-order valence-corrected chi connectivity index (χ4v) is 3.77. The summed E-state index contributed by atoms with van der Waals surface area (Å²) in [5.74, 6) is 1.31. The molecule has 0 radical (unpaired) electrons. The number of hydrogen-bond acceptors (Lipinski definition) is 5. The molecule has 0 saturated heterocycles. The number of para-hydroxylation sites is 2. The van der Waals surface area contributed by atoms with Crippen molar-refractivity contribution in [3.05, 3.63) is 66.0 Å². The van der Waals surface area contributed by atoms with E-state index >= 15 is 0 Å². The second-order valence-electron chi connectivity index (χ2n) is 6.72. The molecular weight excluding hydrogens is 372 g/mol. The highest BCUT2D eigenvalue weighted by molar-refractivity contribution is 7.99. The third-order valence-corrected chi connectivity index (χ3v) is 5.46. The van der Waals surface area contributed by atoms with Crippen LogP contribution in [0, 0.1) is 0 Å². The minimum absolute atomic E-state index is 0.0820. The van der Waals surface area contributed by atoms with E-state index in [9.17, 15) is 9.59 Å². The van der Waals surface area contributed by atoms with Crippen molar-refractivity contribution in [2.75, 3.05) is 11.1 Å². The van der Waals surface area contributed by atoms with E-state index in [4.69, 9.17) is 0 Å². The van der Waals surface area contributed by atoms with E-state index in [1.807, 2.05) is 34.9 Å². The number of anilines is 1. The van der Waals surface area contributed by atoms with Gasteiger partial charge in [-0.25, -0.2) is 0 Å². The SMILES string of the molecule is CC(=O)c1ccccc1NC(=O)CSc1nnc(C2CC2)n1-c1ccccc1. The van der Waals surface area contributed by atoms with Gasteiger partial charge in [-0.2, -0.15) is 0 Å². The van der Waals surface area contributed by atoms with Crippen molar-refractivity contribution in [3.63, 3.8) is 0 Å². The lowest BCUT2D eigenvalue weighted by Crippen LogP contribution is -2.16. The van der Waals surface area contributed by atoms with Gasteiger partial charge in [0.15, 0.2) is 10.9 Å². The van der Waals surface area contributed by atoms with E-state index in [0.29, 0.717) is 22.3 Å². The van der Waals surface area contributed by atoms with Crippen LogP contribution in [0.25, 0.3) is 5.69 Å². The van der Waals surface area contributed by atoms with Crippen molar-refractivity contribution in [2.45, 2.75) is 30.8 Å². The molecule has 3 aromatic rings. The first-order chi connectivity index (χ1) is 13.6. The average molecular weight is 392 g/mol. The van der Waals surface area contributed by atoms with Crippen LogP contribution in [0.1, 0.15) is 41.9 Å². The summed E-state index contributed by atoms with van der Waals surface area (Å²) in [5, 5.41) is 12.2. The monoisotopic (exact) mass is 392 g/mol. The Morgan fingerprint density at radius 3 is 2.50 bits per heavy atom. The molecule has 6 nitrogen and oxygen atoms in total. The Morgan fingerprint density at radius 1 is 1.07 bits per heavy atom. The third kappa shape index (κ3) is 3.99. The molecule has 0 aliphatic heterocycles. The van der Waals surface area contributed by atoms with Crippen molar-refractivity contribution in [2.24, 2.45) is 0 Å². The molecule has 1 heterocycles. The van der Waals surface area contributed by atoms with Crippen LogP contribution in [0.4, 0.5) is 5.69 Å². The molecular formula is C21H20N4O2S. The number of nitrogens with one attached hydrogen (secondary N) is 1. The number of carbonyl (C=O) groups is 2. The zero-order valence-corrected chi connectivity index (χ0v) is 16.3. The molecule has 4 rings (SSSR count). The van der Waals surface area contributed by atoms with Crippen molar-refractivity contribution in [3.8, 4) is 5.69 Å². The van der Waals surface area contributed by atoms with Crippen LogP contribution in [0.5, 0.6) is 0 Å². The molecule has 1 aliphatic carbocycles. The van der Waals surface area contributed by atoms with Gasteiger partial charge in [0.25, 0.3) is 0 Å². The van der Waals surface area contributed by atoms with Gasteiger partial charge in [-0.3, -0.25) is 14.2 Å². The van der Waals surface area contributed by atoms with Gasteiger partial charge in [0.1, 0.15) is 5.82 Å². The fraction of sp³-hybridized carbons (Fsp3) is 0.238. The molecule has 1 saturated carbocycles. The van der Waals surface area contributed by atoms with Crippen LogP contribution in [-0.2, 0) is 4.79 Å². The number of hydrogen-bond donors (Lipinski definition) is 1. The Hall–Kier alpha value is -2.93. The fourth-order valence-electron chi connectivity index (χ4n) is 3.02. The average Bonchev–Trinajstić information content (AvgIpc) is 3.46. The molecule has 1 aromatic heterocycles. The molecule has 1 aliphatic rings. The van der Waals surface area contributed by atoms with Crippen molar-refractivity contribution in [1.29, 1.82) is 0 Å². The second-order valence-corrected chi connectivity index (χ2v) is 7.67. The van der Waals surface area contributed by atoms with E-state index in [-0.39, 0.29) is 17.4 Å². The van der Waals surface area contributed by atoms with Gasteiger partial charge in [-0.15, -0.1) is 10.2 Å². The van der Waals surface area contributed by atoms with Crippen LogP contribution in [-0.4, -0.2) is 32.2 Å². The van der Waals surface area contributed by atoms with Crippen LogP contribution in [0.2, 0.25) is 0 Å². The number of carbonyl (C=O) groups excluding carboxylic acids is 2. The topological polar surface area (TPSA) is 76.9 Å². The maximum atomic E-state index is 12.5. The summed E-state index contributed by atoms with van der Waals surface area (Å²) in [6, 6.07) is 17.0. The molecule has 1 N–H and O–H groups in total. The highest BCUT2D eigenvalue weighted by Gasteiger charge is 2.31. The van der Waals surface area contributed by atoms with Gasteiger partial charge in [0, 0.05) is 17.2 Å². The summed E-state index contributed by atoms with van der Waals surface area (Å²) >= 11 is 1.34. The van der Waals surface area contributed by atoms with Crippen molar-refractivity contribution >= 4 is 29.1 Å².